The summed E-state index contributed by atoms with van der Waals surface area (Å²) in [5.41, 5.74) is 1.21. The zero-order chi connectivity index (χ0) is 14.4. The number of hydrogen-bond acceptors (Lipinski definition) is 4. The van der Waals surface area contributed by atoms with Gasteiger partial charge in [-0.25, -0.2) is 0 Å². The van der Waals surface area contributed by atoms with E-state index in [4.69, 9.17) is 4.74 Å². The fourth-order valence-electron chi connectivity index (χ4n) is 2.38. The van der Waals surface area contributed by atoms with Crippen LogP contribution >= 0.6 is 11.8 Å². The highest BCUT2D eigenvalue weighted by Gasteiger charge is 2.35. The molecule has 1 atom stereocenters. The number of thioether (sulfide) groups is 1. The Hall–Kier alpha value is -0.710. The molecule has 0 amide bonds. The highest BCUT2D eigenvalue weighted by atomic mass is 32.2. The average molecular weight is 295 g/mol. The molecule has 4 heteroatoms. The minimum atomic E-state index is -0.463. The summed E-state index contributed by atoms with van der Waals surface area (Å²) >= 11 is 1.95. The maximum atomic E-state index is 9.93. The summed E-state index contributed by atoms with van der Waals surface area (Å²) in [5, 5.41) is 13.3. The SMILES string of the molecule is CSC1(CNCC(O)COc2ccc(C)cc2)CCC1. The molecule has 112 valence electrons. The first-order valence-electron chi connectivity index (χ1n) is 7.27. The zero-order valence-corrected chi connectivity index (χ0v) is 13.2. The van der Waals surface area contributed by atoms with E-state index >= 15 is 0 Å². The van der Waals surface area contributed by atoms with Gasteiger partial charge >= 0.3 is 0 Å². The van der Waals surface area contributed by atoms with Crippen LogP contribution < -0.4 is 10.1 Å². The summed E-state index contributed by atoms with van der Waals surface area (Å²) in [6.07, 6.45) is 5.63. The fraction of sp³-hybridized carbons (Fsp3) is 0.625. The van der Waals surface area contributed by atoms with Gasteiger partial charge in [0.2, 0.25) is 0 Å². The summed E-state index contributed by atoms with van der Waals surface area (Å²) in [6, 6.07) is 7.90. The van der Waals surface area contributed by atoms with Gasteiger partial charge in [-0.15, -0.1) is 0 Å². The molecular formula is C16H25NO2S. The molecule has 0 bridgehead atoms. The van der Waals surface area contributed by atoms with Gasteiger partial charge in [0.05, 0.1) is 0 Å². The van der Waals surface area contributed by atoms with E-state index in [9.17, 15) is 5.11 Å². The molecule has 0 radical (unpaired) electrons. The molecular weight excluding hydrogens is 270 g/mol. The van der Waals surface area contributed by atoms with Crippen LogP contribution in [0.2, 0.25) is 0 Å². The Bertz CT molecular complexity index is 398. The van der Waals surface area contributed by atoms with Gasteiger partial charge in [0, 0.05) is 17.8 Å². The number of ether oxygens (including phenoxy) is 1. The molecule has 1 fully saturated rings. The van der Waals surface area contributed by atoms with Crippen molar-refractivity contribution >= 4 is 11.8 Å². The number of aliphatic hydroxyl groups is 1. The summed E-state index contributed by atoms with van der Waals surface area (Å²) in [7, 11) is 0. The van der Waals surface area contributed by atoms with Gasteiger partial charge in [0.1, 0.15) is 18.5 Å². The van der Waals surface area contributed by atoms with Crippen molar-refractivity contribution in [2.75, 3.05) is 26.0 Å². The molecule has 1 saturated carbocycles. The lowest BCUT2D eigenvalue weighted by Crippen LogP contribution is -2.45. The summed E-state index contributed by atoms with van der Waals surface area (Å²) in [6.45, 7) is 3.96. The number of nitrogens with one attached hydrogen (secondary N) is 1. The topological polar surface area (TPSA) is 41.5 Å². The predicted octanol–water partition coefficient (Wildman–Crippen LogP) is 2.61. The second-order valence-corrected chi connectivity index (χ2v) is 6.92. The van der Waals surface area contributed by atoms with Crippen molar-refractivity contribution < 1.29 is 9.84 Å². The van der Waals surface area contributed by atoms with Crippen LogP contribution in [0.5, 0.6) is 5.75 Å². The lowest BCUT2D eigenvalue weighted by Gasteiger charge is -2.40. The molecule has 1 aromatic carbocycles. The lowest BCUT2D eigenvalue weighted by atomic mass is 9.84. The van der Waals surface area contributed by atoms with Crippen LogP contribution in [0.15, 0.2) is 24.3 Å². The van der Waals surface area contributed by atoms with Crippen molar-refractivity contribution in [3.63, 3.8) is 0 Å². The molecule has 0 aliphatic heterocycles. The molecule has 1 aromatic rings. The Kier molecular flexibility index (Phi) is 5.75. The van der Waals surface area contributed by atoms with Crippen LogP contribution in [0.25, 0.3) is 0 Å². The molecule has 0 heterocycles. The highest BCUT2D eigenvalue weighted by Crippen LogP contribution is 2.42. The number of hydrogen-bond donors (Lipinski definition) is 2. The van der Waals surface area contributed by atoms with Gasteiger partial charge < -0.3 is 15.2 Å². The standard InChI is InChI=1S/C16H25NO2S/c1-13-4-6-15(7-5-13)19-11-14(18)10-17-12-16(20-2)8-3-9-16/h4-7,14,17-18H,3,8-12H2,1-2H3. The van der Waals surface area contributed by atoms with E-state index in [-0.39, 0.29) is 0 Å². The smallest absolute Gasteiger partial charge is 0.119 e. The summed E-state index contributed by atoms with van der Waals surface area (Å²) in [4.78, 5) is 0. The minimum absolute atomic E-state index is 0.336. The predicted molar refractivity (Wildman–Crippen MR) is 85.6 cm³/mol. The first-order chi connectivity index (χ1) is 9.63. The van der Waals surface area contributed by atoms with Gasteiger partial charge in [-0.05, 0) is 38.2 Å². The quantitative estimate of drug-likeness (QED) is 0.773. The van der Waals surface area contributed by atoms with Gasteiger partial charge in [-0.3, -0.25) is 0 Å². The van der Waals surface area contributed by atoms with E-state index in [1.54, 1.807) is 0 Å². The number of aliphatic hydroxyl groups excluding tert-OH is 1. The highest BCUT2D eigenvalue weighted by molar-refractivity contribution is 8.00. The Balaban J connectivity index is 1.63. The molecule has 1 unspecified atom stereocenters. The maximum absolute atomic E-state index is 9.93. The van der Waals surface area contributed by atoms with Gasteiger partial charge in [0.25, 0.3) is 0 Å². The van der Waals surface area contributed by atoms with E-state index in [0.717, 1.165) is 12.3 Å². The second kappa shape index (κ2) is 7.34. The molecule has 1 aliphatic carbocycles. The number of benzene rings is 1. The maximum Gasteiger partial charge on any atom is 0.119 e. The van der Waals surface area contributed by atoms with Gasteiger partial charge in [0.15, 0.2) is 0 Å². The van der Waals surface area contributed by atoms with Crippen LogP contribution in [0.3, 0.4) is 0 Å². The molecule has 3 nitrogen and oxygen atoms in total. The zero-order valence-electron chi connectivity index (χ0n) is 12.4. The van der Waals surface area contributed by atoms with Crippen LogP contribution in [-0.4, -0.2) is 41.9 Å². The molecule has 0 spiro atoms. The Morgan fingerprint density at radius 2 is 2.05 bits per heavy atom. The van der Waals surface area contributed by atoms with Crippen molar-refractivity contribution in [2.45, 2.75) is 37.0 Å². The molecule has 0 aromatic heterocycles. The normalized spacial score (nSPS) is 18.4. The molecule has 1 aliphatic rings. The molecule has 0 saturated heterocycles. The van der Waals surface area contributed by atoms with Crippen LogP contribution in [0.4, 0.5) is 0 Å². The Labute approximate surface area is 126 Å². The van der Waals surface area contributed by atoms with Crippen molar-refractivity contribution in [1.29, 1.82) is 0 Å². The lowest BCUT2D eigenvalue weighted by molar-refractivity contribution is 0.105. The van der Waals surface area contributed by atoms with Crippen molar-refractivity contribution in [2.24, 2.45) is 0 Å². The van der Waals surface area contributed by atoms with Crippen molar-refractivity contribution in [1.82, 2.24) is 5.32 Å². The monoisotopic (exact) mass is 295 g/mol. The molecule has 20 heavy (non-hydrogen) atoms. The van der Waals surface area contributed by atoms with Crippen molar-refractivity contribution in [3.05, 3.63) is 29.8 Å². The number of rotatable bonds is 8. The second-order valence-electron chi connectivity index (χ2n) is 5.65. The Morgan fingerprint density at radius 1 is 1.35 bits per heavy atom. The largest absolute Gasteiger partial charge is 0.491 e. The fourth-order valence-corrected chi connectivity index (χ4v) is 3.32. The first kappa shape index (κ1) is 15.7. The van der Waals surface area contributed by atoms with E-state index in [0.29, 0.717) is 17.9 Å². The van der Waals surface area contributed by atoms with Gasteiger partial charge in [-0.2, -0.15) is 11.8 Å². The summed E-state index contributed by atoms with van der Waals surface area (Å²) < 4.78 is 5.99. The van der Waals surface area contributed by atoms with E-state index in [2.05, 4.69) is 11.6 Å². The molecule has 2 rings (SSSR count). The van der Waals surface area contributed by atoms with Crippen LogP contribution in [-0.2, 0) is 0 Å². The minimum Gasteiger partial charge on any atom is -0.491 e. The van der Waals surface area contributed by atoms with Crippen LogP contribution in [0, 0.1) is 6.92 Å². The van der Waals surface area contributed by atoms with Gasteiger partial charge in [-0.1, -0.05) is 24.1 Å². The van der Waals surface area contributed by atoms with E-state index in [1.165, 1.54) is 24.8 Å². The number of aryl methyl sites for hydroxylation is 1. The van der Waals surface area contributed by atoms with Crippen LogP contribution in [0.1, 0.15) is 24.8 Å². The molecule has 2 N–H and O–H groups in total. The third-order valence-electron chi connectivity index (χ3n) is 3.99. The first-order valence-corrected chi connectivity index (χ1v) is 8.49. The average Bonchev–Trinajstić information content (AvgIpc) is 2.41. The summed E-state index contributed by atoms with van der Waals surface area (Å²) in [5.74, 6) is 0.814. The van der Waals surface area contributed by atoms with E-state index in [1.807, 2.05) is 43.0 Å². The Morgan fingerprint density at radius 3 is 2.60 bits per heavy atom. The van der Waals surface area contributed by atoms with Crippen molar-refractivity contribution in [3.8, 4) is 5.75 Å². The van der Waals surface area contributed by atoms with E-state index < -0.39 is 6.10 Å². The third-order valence-corrected chi connectivity index (χ3v) is 5.41. The third kappa shape index (κ3) is 4.40.